The molecule has 9 nitrogen and oxygen atoms in total. The van der Waals surface area contributed by atoms with Gasteiger partial charge in [-0.3, -0.25) is 14.4 Å². The minimum Gasteiger partial charge on any atom is -0.468 e. The second-order valence-electron chi connectivity index (χ2n) is 11.1. The van der Waals surface area contributed by atoms with Crippen LogP contribution in [0.15, 0.2) is 18.2 Å². The number of nitrogens with zero attached hydrogens (tertiary/aromatic N) is 1. The maximum absolute atomic E-state index is 14.3. The molecule has 0 aliphatic rings. The van der Waals surface area contributed by atoms with E-state index in [-0.39, 0.29) is 18.4 Å². The highest BCUT2D eigenvalue weighted by Gasteiger charge is 2.38. The SMILES string of the molecule is CCCCCCN(C(=O)C(NC(=O)OC(C)(C)C)C(C)CC)C(C(=O)NCC(=O)OC)c1ccc(C)c(C)c1. The van der Waals surface area contributed by atoms with Crippen molar-refractivity contribution in [3.8, 4) is 0 Å². The Labute approximate surface area is 234 Å². The first-order chi connectivity index (χ1) is 18.2. The van der Waals surface area contributed by atoms with E-state index in [4.69, 9.17) is 9.47 Å². The van der Waals surface area contributed by atoms with Gasteiger partial charge in [0, 0.05) is 6.54 Å². The van der Waals surface area contributed by atoms with Crippen LogP contribution < -0.4 is 10.6 Å². The minimum absolute atomic E-state index is 0.221. The number of hydrogen-bond acceptors (Lipinski definition) is 6. The number of rotatable bonds is 14. The van der Waals surface area contributed by atoms with Crippen molar-refractivity contribution in [3.05, 3.63) is 34.9 Å². The molecule has 2 N–H and O–H groups in total. The first-order valence-corrected chi connectivity index (χ1v) is 14.0. The average molecular weight is 548 g/mol. The number of carbonyl (C=O) groups is 4. The van der Waals surface area contributed by atoms with E-state index in [9.17, 15) is 19.2 Å². The Kier molecular flexibility index (Phi) is 14.0. The Balaban J connectivity index is 3.57. The molecular formula is C30H49N3O6. The van der Waals surface area contributed by atoms with E-state index in [1.165, 1.54) is 7.11 Å². The van der Waals surface area contributed by atoms with Crippen molar-refractivity contribution in [2.75, 3.05) is 20.2 Å². The molecule has 0 aromatic heterocycles. The lowest BCUT2D eigenvalue weighted by Crippen LogP contribution is -2.55. The number of nitrogens with one attached hydrogen (secondary N) is 2. The summed E-state index contributed by atoms with van der Waals surface area (Å²) in [5.74, 6) is -1.68. The number of hydrogen-bond donors (Lipinski definition) is 2. The third-order valence-corrected chi connectivity index (χ3v) is 6.73. The van der Waals surface area contributed by atoms with E-state index < -0.39 is 35.7 Å². The monoisotopic (exact) mass is 547 g/mol. The van der Waals surface area contributed by atoms with Gasteiger partial charge >= 0.3 is 12.1 Å². The number of esters is 1. The number of methoxy groups -OCH3 is 1. The number of ether oxygens (including phenoxy) is 2. The molecule has 1 aromatic carbocycles. The molecule has 0 spiro atoms. The normalized spacial score (nSPS) is 13.6. The van der Waals surface area contributed by atoms with E-state index >= 15 is 0 Å². The van der Waals surface area contributed by atoms with Gasteiger partial charge in [0.2, 0.25) is 11.8 Å². The van der Waals surface area contributed by atoms with Crippen LogP contribution in [0.1, 0.15) is 96.4 Å². The minimum atomic E-state index is -1.00. The van der Waals surface area contributed by atoms with Crippen molar-refractivity contribution in [2.24, 2.45) is 5.92 Å². The van der Waals surface area contributed by atoms with Crippen LogP contribution in [0.2, 0.25) is 0 Å². The summed E-state index contributed by atoms with van der Waals surface area (Å²) < 4.78 is 10.1. The summed E-state index contributed by atoms with van der Waals surface area (Å²) in [5, 5.41) is 5.41. The zero-order valence-electron chi connectivity index (χ0n) is 25.3. The maximum Gasteiger partial charge on any atom is 0.408 e. The molecule has 3 unspecified atom stereocenters. The summed E-state index contributed by atoms with van der Waals surface area (Å²) in [5.41, 5.74) is 1.92. The predicted molar refractivity (Wildman–Crippen MR) is 152 cm³/mol. The van der Waals surface area contributed by atoms with E-state index in [1.54, 1.807) is 25.7 Å². The smallest absolute Gasteiger partial charge is 0.408 e. The summed E-state index contributed by atoms with van der Waals surface area (Å²) in [6.45, 7) is 15.1. The molecule has 1 aromatic rings. The lowest BCUT2D eigenvalue weighted by Gasteiger charge is -2.36. The van der Waals surface area contributed by atoms with Crippen LogP contribution >= 0.6 is 0 Å². The van der Waals surface area contributed by atoms with Crippen LogP contribution in [0.5, 0.6) is 0 Å². The molecule has 3 atom stereocenters. The van der Waals surface area contributed by atoms with Gasteiger partial charge in [0.15, 0.2) is 0 Å². The number of aryl methyl sites for hydroxylation is 2. The van der Waals surface area contributed by atoms with Gasteiger partial charge in [0.05, 0.1) is 7.11 Å². The third kappa shape index (κ3) is 11.3. The number of benzene rings is 1. The van der Waals surface area contributed by atoms with Crippen molar-refractivity contribution < 1.29 is 28.7 Å². The van der Waals surface area contributed by atoms with Gasteiger partial charge in [-0.15, -0.1) is 0 Å². The molecule has 220 valence electrons. The number of amides is 3. The molecule has 0 fully saturated rings. The lowest BCUT2D eigenvalue weighted by atomic mass is 9.94. The second-order valence-corrected chi connectivity index (χ2v) is 11.1. The highest BCUT2D eigenvalue weighted by molar-refractivity contribution is 5.93. The summed E-state index contributed by atoms with van der Waals surface area (Å²) >= 11 is 0. The summed E-state index contributed by atoms with van der Waals surface area (Å²) in [4.78, 5) is 54.0. The van der Waals surface area contributed by atoms with Crippen molar-refractivity contribution in [3.63, 3.8) is 0 Å². The lowest BCUT2D eigenvalue weighted by molar-refractivity contribution is -0.145. The van der Waals surface area contributed by atoms with E-state index in [0.29, 0.717) is 24.9 Å². The predicted octanol–water partition coefficient (Wildman–Crippen LogP) is 4.98. The maximum atomic E-state index is 14.3. The zero-order valence-corrected chi connectivity index (χ0v) is 25.3. The molecular weight excluding hydrogens is 498 g/mol. The van der Waals surface area contributed by atoms with Crippen molar-refractivity contribution in [1.29, 1.82) is 0 Å². The highest BCUT2D eigenvalue weighted by Crippen LogP contribution is 2.27. The molecule has 9 heteroatoms. The first-order valence-electron chi connectivity index (χ1n) is 14.0. The second kappa shape index (κ2) is 16.1. The van der Waals surface area contributed by atoms with E-state index in [1.807, 2.05) is 45.9 Å². The van der Waals surface area contributed by atoms with Gasteiger partial charge in [-0.2, -0.15) is 0 Å². The Morgan fingerprint density at radius 3 is 2.21 bits per heavy atom. The fourth-order valence-corrected chi connectivity index (χ4v) is 4.11. The largest absolute Gasteiger partial charge is 0.468 e. The van der Waals surface area contributed by atoms with Crippen LogP contribution in [0.3, 0.4) is 0 Å². The van der Waals surface area contributed by atoms with Crippen molar-refractivity contribution in [1.82, 2.24) is 15.5 Å². The third-order valence-electron chi connectivity index (χ3n) is 6.73. The van der Waals surface area contributed by atoms with Crippen LogP contribution in [0.4, 0.5) is 4.79 Å². The van der Waals surface area contributed by atoms with Crippen molar-refractivity contribution >= 4 is 23.9 Å². The van der Waals surface area contributed by atoms with E-state index in [2.05, 4.69) is 17.6 Å². The van der Waals surface area contributed by atoms with Crippen molar-refractivity contribution in [2.45, 2.75) is 105 Å². The Morgan fingerprint density at radius 1 is 1.00 bits per heavy atom. The standard InChI is InChI=1S/C30H49N3O6/c1-10-12-13-14-17-33(28(36)25(20(3)11-2)32-29(37)39-30(6,7)8)26(27(35)31-19-24(34)38-9)23-16-15-21(4)22(5)18-23/h15-16,18,20,25-26H,10-14,17,19H2,1-9H3,(H,31,35)(H,32,37). The summed E-state index contributed by atoms with van der Waals surface area (Å²) in [6, 6.07) is 3.73. The van der Waals surface area contributed by atoms with Crippen LogP contribution in [-0.4, -0.2) is 60.6 Å². The molecule has 39 heavy (non-hydrogen) atoms. The van der Waals surface area contributed by atoms with Gasteiger partial charge in [-0.05, 0) is 63.6 Å². The van der Waals surface area contributed by atoms with Gasteiger partial charge in [-0.1, -0.05) is 64.7 Å². The number of alkyl carbamates (subject to hydrolysis) is 1. The van der Waals surface area contributed by atoms with E-state index in [0.717, 1.165) is 30.4 Å². The van der Waals surface area contributed by atoms with Crippen LogP contribution in [0, 0.1) is 19.8 Å². The van der Waals surface area contributed by atoms with Gasteiger partial charge in [-0.25, -0.2) is 4.79 Å². The molecule has 0 aliphatic heterocycles. The number of unbranched alkanes of at least 4 members (excludes halogenated alkanes) is 3. The van der Waals surface area contributed by atoms with Gasteiger partial charge in [0.1, 0.15) is 24.2 Å². The van der Waals surface area contributed by atoms with Crippen LogP contribution in [0.25, 0.3) is 0 Å². The molecule has 0 bridgehead atoms. The summed E-state index contributed by atoms with van der Waals surface area (Å²) in [6.07, 6.45) is 3.52. The Bertz CT molecular complexity index is 972. The van der Waals surface area contributed by atoms with Gasteiger partial charge < -0.3 is 25.0 Å². The highest BCUT2D eigenvalue weighted by atomic mass is 16.6. The van der Waals surface area contributed by atoms with Crippen LogP contribution in [-0.2, 0) is 23.9 Å². The average Bonchev–Trinajstić information content (AvgIpc) is 2.87. The molecule has 3 amide bonds. The molecule has 0 saturated heterocycles. The fourth-order valence-electron chi connectivity index (χ4n) is 4.11. The molecule has 0 aliphatic carbocycles. The topological polar surface area (TPSA) is 114 Å². The summed E-state index contributed by atoms with van der Waals surface area (Å²) in [7, 11) is 1.25. The Hall–Kier alpha value is -3.10. The molecule has 0 saturated carbocycles. The molecule has 0 radical (unpaired) electrons. The quantitative estimate of drug-likeness (QED) is 0.251. The zero-order chi connectivity index (χ0) is 29.8. The fraction of sp³-hybridized carbons (Fsp3) is 0.667. The molecule has 0 heterocycles. The molecule has 1 rings (SSSR count). The van der Waals surface area contributed by atoms with Gasteiger partial charge in [0.25, 0.3) is 0 Å². The first kappa shape index (κ1) is 33.9. The number of carbonyl (C=O) groups excluding carboxylic acids is 4. The Morgan fingerprint density at radius 2 is 1.67 bits per heavy atom.